The van der Waals surface area contributed by atoms with Crippen LogP contribution in [0, 0.1) is 11.6 Å². The molecule has 0 unspecified atom stereocenters. The van der Waals surface area contributed by atoms with E-state index in [0.717, 1.165) is 17.3 Å². The molecule has 14 heteroatoms. The number of nitrogens with one attached hydrogen (secondary N) is 1. The first kappa shape index (κ1) is 35.7. The summed E-state index contributed by atoms with van der Waals surface area (Å²) in [5.41, 5.74) is 2.77. The molecule has 46 heavy (non-hydrogen) atoms. The number of hydrogen-bond acceptors (Lipinski definition) is 8. The number of aliphatic hydroxyl groups excluding tert-OH is 1. The predicted octanol–water partition coefficient (Wildman–Crippen LogP) is 2.36. The van der Waals surface area contributed by atoms with Gasteiger partial charge in [-0.1, -0.05) is 23.7 Å². The molecule has 11 nitrogen and oxygen atoms in total. The fourth-order valence-corrected chi connectivity index (χ4v) is 5.33. The third kappa shape index (κ3) is 11.3. The Hall–Kier alpha value is -3.17. The van der Waals surface area contributed by atoms with E-state index in [4.69, 9.17) is 35.7 Å². The summed E-state index contributed by atoms with van der Waals surface area (Å²) < 4.78 is 52.4. The van der Waals surface area contributed by atoms with Gasteiger partial charge in [-0.15, -0.1) is 0 Å². The number of nitrogens with zero attached hydrogens (tertiary/aromatic N) is 3. The van der Waals surface area contributed by atoms with Gasteiger partial charge in [-0.3, -0.25) is 19.2 Å². The van der Waals surface area contributed by atoms with E-state index in [-0.39, 0.29) is 44.4 Å². The molecule has 0 fully saturated rings. The average molecular weight is 667 g/mol. The SMILES string of the molecule is O=C(COCCOCCOCCOCCO)NCCn1c2c(c(=O)n1Cc1ccc(Cl)cc1)CN(Cc1cc(F)cc(F)c1)CC2. The fraction of sp³-hybridized carbons (Fsp3) is 0.500. The number of amides is 1. The Bertz CT molecular complexity index is 1430. The predicted molar refractivity (Wildman–Crippen MR) is 167 cm³/mol. The van der Waals surface area contributed by atoms with Crippen LogP contribution in [0.4, 0.5) is 8.78 Å². The number of fused-ring (bicyclic) bond motifs is 1. The number of rotatable bonds is 20. The summed E-state index contributed by atoms with van der Waals surface area (Å²) >= 11 is 6.06. The minimum atomic E-state index is -0.635. The molecule has 0 saturated heterocycles. The fourth-order valence-electron chi connectivity index (χ4n) is 5.21. The first-order chi connectivity index (χ1) is 22.3. The maximum atomic E-state index is 13.8. The molecule has 252 valence electrons. The zero-order valence-corrected chi connectivity index (χ0v) is 26.5. The Morgan fingerprint density at radius 1 is 0.848 bits per heavy atom. The highest BCUT2D eigenvalue weighted by Crippen LogP contribution is 2.21. The monoisotopic (exact) mass is 666 g/mol. The van der Waals surface area contributed by atoms with Crippen molar-refractivity contribution in [2.24, 2.45) is 0 Å². The number of carbonyl (C=O) groups is 1. The van der Waals surface area contributed by atoms with Crippen LogP contribution in [-0.2, 0) is 56.3 Å². The second-order valence-electron chi connectivity index (χ2n) is 10.7. The molecule has 1 aliphatic rings. The minimum Gasteiger partial charge on any atom is -0.394 e. The van der Waals surface area contributed by atoms with Gasteiger partial charge in [-0.25, -0.2) is 13.5 Å². The maximum absolute atomic E-state index is 13.8. The molecule has 3 aromatic rings. The van der Waals surface area contributed by atoms with Crippen LogP contribution in [0.25, 0.3) is 0 Å². The number of aromatic nitrogens is 2. The van der Waals surface area contributed by atoms with Crippen molar-refractivity contribution in [3.63, 3.8) is 0 Å². The zero-order chi connectivity index (χ0) is 32.7. The number of ether oxygens (including phenoxy) is 4. The Labute approximate surface area is 271 Å². The molecule has 2 aromatic carbocycles. The molecule has 1 aliphatic heterocycles. The van der Waals surface area contributed by atoms with Crippen LogP contribution < -0.4 is 10.9 Å². The number of carbonyl (C=O) groups excluding carboxylic acids is 1. The van der Waals surface area contributed by atoms with Crippen molar-refractivity contribution >= 4 is 17.5 Å². The Morgan fingerprint density at radius 3 is 2.13 bits per heavy atom. The van der Waals surface area contributed by atoms with Crippen LogP contribution in [0.2, 0.25) is 5.02 Å². The molecule has 1 amide bonds. The molecule has 0 spiro atoms. The first-order valence-electron chi connectivity index (χ1n) is 15.3. The van der Waals surface area contributed by atoms with Gasteiger partial charge in [0.25, 0.3) is 5.56 Å². The Morgan fingerprint density at radius 2 is 1.48 bits per heavy atom. The summed E-state index contributed by atoms with van der Waals surface area (Å²) in [5.74, 6) is -1.55. The molecular weight excluding hydrogens is 626 g/mol. The van der Waals surface area contributed by atoms with Crippen molar-refractivity contribution < 1.29 is 37.6 Å². The third-order valence-electron chi connectivity index (χ3n) is 7.30. The van der Waals surface area contributed by atoms with Gasteiger partial charge in [0.15, 0.2) is 0 Å². The highest BCUT2D eigenvalue weighted by atomic mass is 35.5. The molecule has 0 atom stereocenters. The summed E-state index contributed by atoms with van der Waals surface area (Å²) in [6.45, 7) is 4.54. The Balaban J connectivity index is 1.27. The zero-order valence-electron chi connectivity index (χ0n) is 25.7. The van der Waals surface area contributed by atoms with Crippen LogP contribution in [0.5, 0.6) is 0 Å². The second-order valence-corrected chi connectivity index (χ2v) is 11.2. The molecule has 0 saturated carbocycles. The topological polar surface area (TPSA) is 116 Å². The first-order valence-corrected chi connectivity index (χ1v) is 15.6. The van der Waals surface area contributed by atoms with Gasteiger partial charge in [0, 0.05) is 49.4 Å². The van der Waals surface area contributed by atoms with Gasteiger partial charge >= 0.3 is 0 Å². The van der Waals surface area contributed by atoms with Crippen molar-refractivity contribution in [2.75, 3.05) is 72.6 Å². The van der Waals surface area contributed by atoms with E-state index >= 15 is 0 Å². The largest absolute Gasteiger partial charge is 0.394 e. The molecule has 0 radical (unpaired) electrons. The van der Waals surface area contributed by atoms with Gasteiger partial charge in [0.05, 0.1) is 71.5 Å². The highest BCUT2D eigenvalue weighted by molar-refractivity contribution is 6.30. The second kappa shape index (κ2) is 18.8. The van der Waals surface area contributed by atoms with Crippen LogP contribution in [0.1, 0.15) is 22.4 Å². The Kier molecular flexibility index (Phi) is 14.6. The van der Waals surface area contributed by atoms with Gasteiger partial charge in [0.2, 0.25) is 5.91 Å². The quantitative estimate of drug-likeness (QED) is 0.177. The average Bonchev–Trinajstić information content (AvgIpc) is 3.27. The normalized spacial score (nSPS) is 13.2. The summed E-state index contributed by atoms with van der Waals surface area (Å²) in [5, 5.41) is 12.1. The highest BCUT2D eigenvalue weighted by Gasteiger charge is 2.26. The number of benzene rings is 2. The molecule has 2 N–H and O–H groups in total. The van der Waals surface area contributed by atoms with Gasteiger partial charge < -0.3 is 29.4 Å². The lowest BCUT2D eigenvalue weighted by Gasteiger charge is -2.27. The summed E-state index contributed by atoms with van der Waals surface area (Å²) in [6, 6.07) is 10.7. The van der Waals surface area contributed by atoms with Crippen LogP contribution in [0.3, 0.4) is 0 Å². The third-order valence-corrected chi connectivity index (χ3v) is 7.55. The van der Waals surface area contributed by atoms with E-state index in [0.29, 0.717) is 88.3 Å². The summed E-state index contributed by atoms with van der Waals surface area (Å²) in [7, 11) is 0. The number of aliphatic hydroxyl groups is 1. The van der Waals surface area contributed by atoms with E-state index in [1.165, 1.54) is 12.1 Å². The molecular formula is C32H41ClF2N4O7. The lowest BCUT2D eigenvalue weighted by atomic mass is 10.1. The minimum absolute atomic E-state index is 0.0185. The van der Waals surface area contributed by atoms with Crippen LogP contribution in [0.15, 0.2) is 47.3 Å². The smallest absolute Gasteiger partial charge is 0.271 e. The van der Waals surface area contributed by atoms with Gasteiger partial charge in [0.1, 0.15) is 18.2 Å². The van der Waals surface area contributed by atoms with E-state index in [2.05, 4.69) is 5.32 Å². The van der Waals surface area contributed by atoms with Gasteiger partial charge in [-0.05, 0) is 35.4 Å². The molecule has 4 rings (SSSR count). The van der Waals surface area contributed by atoms with E-state index < -0.39 is 11.6 Å². The lowest BCUT2D eigenvalue weighted by molar-refractivity contribution is -0.126. The van der Waals surface area contributed by atoms with Crippen LogP contribution in [-0.4, -0.2) is 97.8 Å². The molecule has 2 heterocycles. The molecule has 1 aromatic heterocycles. The van der Waals surface area contributed by atoms with E-state index in [1.807, 2.05) is 21.7 Å². The summed E-state index contributed by atoms with van der Waals surface area (Å²) in [4.78, 5) is 28.1. The maximum Gasteiger partial charge on any atom is 0.271 e. The van der Waals surface area contributed by atoms with E-state index in [1.54, 1.807) is 16.8 Å². The summed E-state index contributed by atoms with van der Waals surface area (Å²) in [6.07, 6.45) is 0.565. The number of hydrogen-bond donors (Lipinski definition) is 2. The molecule has 0 aliphatic carbocycles. The van der Waals surface area contributed by atoms with Crippen molar-refractivity contribution in [1.29, 1.82) is 0 Å². The molecule has 0 bridgehead atoms. The van der Waals surface area contributed by atoms with E-state index in [9.17, 15) is 18.4 Å². The van der Waals surface area contributed by atoms with Crippen molar-refractivity contribution in [2.45, 2.75) is 32.6 Å². The van der Waals surface area contributed by atoms with Crippen molar-refractivity contribution in [3.05, 3.63) is 91.9 Å². The van der Waals surface area contributed by atoms with Gasteiger partial charge in [-0.2, -0.15) is 0 Å². The van der Waals surface area contributed by atoms with Crippen molar-refractivity contribution in [1.82, 2.24) is 19.6 Å². The lowest BCUT2D eigenvalue weighted by Crippen LogP contribution is -2.34. The number of halogens is 3. The van der Waals surface area contributed by atoms with Crippen molar-refractivity contribution in [3.8, 4) is 0 Å². The van der Waals surface area contributed by atoms with Crippen LogP contribution >= 0.6 is 11.6 Å². The standard InChI is InChI=1S/C32H41ClF2N4O7/c33-26-3-1-24(2-4-26)21-39-32(42)29-22-37(20-25-17-27(34)19-28(35)18-25)7-5-30(29)38(39)8-6-36-31(41)23-46-16-15-45-14-13-44-12-11-43-10-9-40/h1-4,17-19,40H,5-16,20-23H2,(H,36,41).